The summed E-state index contributed by atoms with van der Waals surface area (Å²) in [5.41, 5.74) is 1.51. The van der Waals surface area contributed by atoms with Gasteiger partial charge in [0.15, 0.2) is 0 Å². The molecule has 0 aliphatic carbocycles. The number of hydrogen-bond acceptors (Lipinski definition) is 8. The molecule has 11 heteroatoms. The molecule has 0 bridgehead atoms. The van der Waals surface area contributed by atoms with Crippen LogP contribution in [0, 0.1) is 12.8 Å². The SMILES string of the molecule is Cc1nc(-c2nc(-c3ccc(OC(C)(F)F)cc3)no2)nn1Cc1ccc(OCC(C)C)nc1. The fraction of sp³-hybridized carbons (Fsp3) is 0.348. The lowest BCUT2D eigenvalue weighted by molar-refractivity contribution is -0.158. The summed E-state index contributed by atoms with van der Waals surface area (Å²) in [6.07, 6.45) is -1.52. The summed E-state index contributed by atoms with van der Waals surface area (Å²) in [4.78, 5) is 13.1. The van der Waals surface area contributed by atoms with Gasteiger partial charge in [-0.05, 0) is 42.7 Å². The monoisotopic (exact) mass is 470 g/mol. The van der Waals surface area contributed by atoms with Crippen LogP contribution < -0.4 is 9.47 Å². The lowest BCUT2D eigenvalue weighted by Gasteiger charge is -2.12. The van der Waals surface area contributed by atoms with E-state index < -0.39 is 6.11 Å². The zero-order valence-corrected chi connectivity index (χ0v) is 19.2. The Morgan fingerprint density at radius 2 is 1.82 bits per heavy atom. The molecule has 0 radical (unpaired) electrons. The Hall–Kier alpha value is -3.89. The van der Waals surface area contributed by atoms with Crippen LogP contribution in [0.5, 0.6) is 11.6 Å². The molecule has 0 N–H and O–H groups in total. The zero-order chi connectivity index (χ0) is 24.3. The van der Waals surface area contributed by atoms with Crippen LogP contribution in [0.25, 0.3) is 23.1 Å². The molecule has 0 aliphatic heterocycles. The molecule has 3 heterocycles. The van der Waals surface area contributed by atoms with Crippen molar-refractivity contribution in [1.29, 1.82) is 0 Å². The van der Waals surface area contributed by atoms with Crippen molar-refractivity contribution in [2.75, 3.05) is 6.61 Å². The first-order valence-corrected chi connectivity index (χ1v) is 10.7. The van der Waals surface area contributed by atoms with Gasteiger partial charge in [0, 0.05) is 24.8 Å². The van der Waals surface area contributed by atoms with Crippen molar-refractivity contribution >= 4 is 0 Å². The highest BCUT2D eigenvalue weighted by atomic mass is 19.3. The number of hydrogen-bond donors (Lipinski definition) is 0. The first kappa shape index (κ1) is 23.3. The topological polar surface area (TPSA) is 101 Å². The van der Waals surface area contributed by atoms with Gasteiger partial charge in [-0.2, -0.15) is 13.8 Å². The van der Waals surface area contributed by atoms with Gasteiger partial charge in [0.2, 0.25) is 17.5 Å². The number of alkyl halides is 2. The minimum absolute atomic E-state index is 0.0324. The zero-order valence-electron chi connectivity index (χ0n) is 19.2. The Morgan fingerprint density at radius 3 is 2.47 bits per heavy atom. The summed E-state index contributed by atoms with van der Waals surface area (Å²) < 4.78 is 43.1. The Morgan fingerprint density at radius 1 is 1.06 bits per heavy atom. The van der Waals surface area contributed by atoms with E-state index >= 15 is 0 Å². The highest BCUT2D eigenvalue weighted by molar-refractivity contribution is 5.57. The van der Waals surface area contributed by atoms with Crippen LogP contribution >= 0.6 is 0 Å². The molecular formula is C23H24F2N6O3. The lowest BCUT2D eigenvalue weighted by Crippen LogP contribution is -2.18. The molecule has 9 nitrogen and oxygen atoms in total. The molecule has 178 valence electrons. The minimum Gasteiger partial charge on any atom is -0.477 e. The first-order chi connectivity index (χ1) is 16.2. The molecule has 0 unspecified atom stereocenters. The number of nitrogens with zero attached hydrogens (tertiary/aromatic N) is 6. The number of benzene rings is 1. The van der Waals surface area contributed by atoms with E-state index in [1.165, 1.54) is 12.1 Å². The van der Waals surface area contributed by atoms with Gasteiger partial charge in [-0.25, -0.2) is 14.6 Å². The van der Waals surface area contributed by atoms with Crippen molar-refractivity contribution in [3.8, 4) is 34.7 Å². The molecule has 4 aromatic rings. The van der Waals surface area contributed by atoms with Crippen LogP contribution in [0.2, 0.25) is 0 Å². The molecule has 0 saturated heterocycles. The van der Waals surface area contributed by atoms with E-state index in [2.05, 4.69) is 43.8 Å². The highest BCUT2D eigenvalue weighted by Crippen LogP contribution is 2.25. The summed E-state index contributed by atoms with van der Waals surface area (Å²) in [6.45, 7) is 7.72. The predicted molar refractivity (Wildman–Crippen MR) is 118 cm³/mol. The molecule has 0 atom stereocenters. The van der Waals surface area contributed by atoms with Crippen LogP contribution in [-0.4, -0.2) is 42.6 Å². The summed E-state index contributed by atoms with van der Waals surface area (Å²) in [5.74, 6) is 2.40. The van der Waals surface area contributed by atoms with E-state index in [0.29, 0.717) is 43.3 Å². The molecule has 1 aromatic carbocycles. The third kappa shape index (κ3) is 5.91. The first-order valence-electron chi connectivity index (χ1n) is 10.7. The largest absolute Gasteiger partial charge is 0.477 e. The van der Waals surface area contributed by atoms with Crippen LogP contribution in [0.4, 0.5) is 8.78 Å². The third-order valence-electron chi connectivity index (χ3n) is 4.58. The molecule has 3 aromatic heterocycles. The molecule has 0 amide bonds. The second-order valence-corrected chi connectivity index (χ2v) is 8.21. The van der Waals surface area contributed by atoms with E-state index in [1.54, 1.807) is 23.0 Å². The fourth-order valence-corrected chi connectivity index (χ4v) is 2.99. The lowest BCUT2D eigenvalue weighted by atomic mass is 10.2. The number of aryl methyl sites for hydroxylation is 1. The summed E-state index contributed by atoms with van der Waals surface area (Å²) in [6, 6.07) is 9.70. The average Bonchev–Trinajstić information content (AvgIpc) is 3.40. The normalized spacial score (nSPS) is 11.7. The van der Waals surface area contributed by atoms with E-state index in [9.17, 15) is 8.78 Å². The molecule has 0 aliphatic rings. The number of ether oxygens (including phenoxy) is 2. The van der Waals surface area contributed by atoms with Crippen LogP contribution in [0.1, 0.15) is 32.2 Å². The second kappa shape index (κ2) is 9.54. The van der Waals surface area contributed by atoms with E-state index in [0.717, 1.165) is 5.56 Å². The van der Waals surface area contributed by atoms with Gasteiger partial charge < -0.3 is 14.0 Å². The van der Waals surface area contributed by atoms with Crippen molar-refractivity contribution < 1.29 is 22.8 Å². The summed E-state index contributed by atoms with van der Waals surface area (Å²) >= 11 is 0. The molecule has 0 fully saturated rings. The maximum absolute atomic E-state index is 13.0. The molecule has 4 rings (SSSR count). The van der Waals surface area contributed by atoms with Gasteiger partial charge in [0.1, 0.15) is 11.6 Å². The molecule has 34 heavy (non-hydrogen) atoms. The van der Waals surface area contributed by atoms with Crippen LogP contribution in [0.3, 0.4) is 0 Å². The predicted octanol–water partition coefficient (Wildman–Crippen LogP) is 4.77. The second-order valence-electron chi connectivity index (χ2n) is 8.21. The number of pyridine rings is 1. The van der Waals surface area contributed by atoms with Gasteiger partial charge in [-0.1, -0.05) is 25.1 Å². The maximum Gasteiger partial charge on any atom is 0.394 e. The molecular weight excluding hydrogens is 446 g/mol. The van der Waals surface area contributed by atoms with Crippen molar-refractivity contribution in [2.24, 2.45) is 5.92 Å². The van der Waals surface area contributed by atoms with Gasteiger partial charge in [0.25, 0.3) is 5.89 Å². The number of aromatic nitrogens is 6. The van der Waals surface area contributed by atoms with Crippen LogP contribution in [-0.2, 0) is 6.54 Å². The van der Waals surface area contributed by atoms with Crippen molar-refractivity contribution in [2.45, 2.75) is 40.3 Å². The quantitative estimate of drug-likeness (QED) is 0.345. The standard InChI is InChI=1S/C23H24F2N6O3/c1-14(2)13-32-19-10-5-16(11-26-19)12-31-15(3)27-21(29-31)22-28-20(30-34-22)17-6-8-18(9-7-17)33-23(4,24)25/h5-11,14H,12-13H2,1-4H3. The van der Waals surface area contributed by atoms with Gasteiger partial charge in [-0.3, -0.25) is 0 Å². The van der Waals surface area contributed by atoms with Gasteiger partial charge >= 0.3 is 6.11 Å². The Bertz CT molecular complexity index is 1230. The smallest absolute Gasteiger partial charge is 0.394 e. The minimum atomic E-state index is -3.26. The summed E-state index contributed by atoms with van der Waals surface area (Å²) in [7, 11) is 0. The number of rotatable bonds is 9. The molecule has 0 spiro atoms. The van der Waals surface area contributed by atoms with Gasteiger partial charge in [-0.15, -0.1) is 5.10 Å². The van der Waals surface area contributed by atoms with Crippen LogP contribution in [0.15, 0.2) is 47.1 Å². The number of halogens is 2. The highest BCUT2D eigenvalue weighted by Gasteiger charge is 2.23. The van der Waals surface area contributed by atoms with Crippen molar-refractivity contribution in [1.82, 2.24) is 29.9 Å². The Labute approximate surface area is 194 Å². The summed E-state index contributed by atoms with van der Waals surface area (Å²) in [5, 5.41) is 8.41. The maximum atomic E-state index is 13.0. The van der Waals surface area contributed by atoms with E-state index in [1.807, 2.05) is 19.1 Å². The fourth-order valence-electron chi connectivity index (χ4n) is 2.99. The molecule has 0 saturated carbocycles. The van der Waals surface area contributed by atoms with E-state index in [-0.39, 0.29) is 23.3 Å². The van der Waals surface area contributed by atoms with Gasteiger partial charge in [0.05, 0.1) is 13.2 Å². The Balaban J connectivity index is 1.44. The van der Waals surface area contributed by atoms with E-state index in [4.69, 9.17) is 9.26 Å². The van der Waals surface area contributed by atoms with Crippen molar-refractivity contribution in [3.63, 3.8) is 0 Å². The third-order valence-corrected chi connectivity index (χ3v) is 4.58. The average molecular weight is 470 g/mol. The Kier molecular flexibility index (Phi) is 6.53. The van der Waals surface area contributed by atoms with Crippen molar-refractivity contribution in [3.05, 3.63) is 54.0 Å².